The molecule has 2 N–H and O–H groups in total. The number of carbonyl (C=O) groups is 2. The molecule has 0 bridgehead atoms. The van der Waals surface area contributed by atoms with Gasteiger partial charge < -0.3 is 10.2 Å². The minimum atomic E-state index is -0.333. The van der Waals surface area contributed by atoms with E-state index < -0.39 is 0 Å². The third kappa shape index (κ3) is 3.34. The van der Waals surface area contributed by atoms with E-state index in [9.17, 15) is 9.59 Å². The summed E-state index contributed by atoms with van der Waals surface area (Å²) in [6, 6.07) is 0. The SMILES string of the molecule is CCCNC(=O)CN(C)C(=O)c1cn[nH]n1. The van der Waals surface area contributed by atoms with E-state index in [1.54, 1.807) is 7.05 Å². The van der Waals surface area contributed by atoms with Crippen molar-refractivity contribution in [3.8, 4) is 0 Å². The molecule has 16 heavy (non-hydrogen) atoms. The second-order valence-electron chi connectivity index (χ2n) is 3.37. The Hall–Kier alpha value is -1.92. The minimum Gasteiger partial charge on any atom is -0.355 e. The summed E-state index contributed by atoms with van der Waals surface area (Å²) in [6.07, 6.45) is 2.19. The van der Waals surface area contributed by atoms with Gasteiger partial charge >= 0.3 is 0 Å². The average molecular weight is 225 g/mol. The lowest BCUT2D eigenvalue weighted by Crippen LogP contribution is -2.38. The molecule has 7 nitrogen and oxygen atoms in total. The van der Waals surface area contributed by atoms with Gasteiger partial charge in [0.25, 0.3) is 5.91 Å². The van der Waals surface area contributed by atoms with Crippen molar-refractivity contribution >= 4 is 11.8 Å². The Kier molecular flexibility index (Phi) is 4.43. The first kappa shape index (κ1) is 12.2. The number of nitrogens with one attached hydrogen (secondary N) is 2. The molecule has 0 saturated carbocycles. The van der Waals surface area contributed by atoms with Crippen LogP contribution < -0.4 is 5.32 Å². The van der Waals surface area contributed by atoms with Crippen LogP contribution in [0.15, 0.2) is 6.20 Å². The Labute approximate surface area is 93.2 Å². The van der Waals surface area contributed by atoms with E-state index >= 15 is 0 Å². The largest absolute Gasteiger partial charge is 0.355 e. The summed E-state index contributed by atoms with van der Waals surface area (Å²) in [6.45, 7) is 2.60. The fourth-order valence-electron chi connectivity index (χ4n) is 1.11. The third-order valence-corrected chi connectivity index (χ3v) is 1.93. The smallest absolute Gasteiger partial charge is 0.276 e. The van der Waals surface area contributed by atoms with Crippen LogP contribution in [0, 0.1) is 0 Å². The Morgan fingerprint density at radius 1 is 1.56 bits per heavy atom. The van der Waals surface area contributed by atoms with Crippen LogP contribution in [0.25, 0.3) is 0 Å². The second kappa shape index (κ2) is 5.84. The minimum absolute atomic E-state index is 0.0195. The predicted octanol–water partition coefficient (Wildman–Crippen LogP) is -0.597. The number of H-pyrrole nitrogens is 1. The van der Waals surface area contributed by atoms with Gasteiger partial charge in [-0.15, -0.1) is 0 Å². The molecule has 1 aromatic rings. The number of hydrogen-bond donors (Lipinski definition) is 2. The molecule has 0 aliphatic carbocycles. The summed E-state index contributed by atoms with van der Waals surface area (Å²) in [5, 5.41) is 12.2. The quantitative estimate of drug-likeness (QED) is 0.700. The van der Waals surface area contributed by atoms with Crippen molar-refractivity contribution in [1.82, 2.24) is 25.6 Å². The van der Waals surface area contributed by atoms with Crippen LogP contribution in [-0.4, -0.2) is 52.3 Å². The van der Waals surface area contributed by atoms with E-state index in [0.29, 0.717) is 6.54 Å². The molecule has 0 aliphatic rings. The predicted molar refractivity (Wildman–Crippen MR) is 56.6 cm³/mol. The van der Waals surface area contributed by atoms with Crippen molar-refractivity contribution in [2.75, 3.05) is 20.1 Å². The highest BCUT2D eigenvalue weighted by Gasteiger charge is 2.16. The monoisotopic (exact) mass is 225 g/mol. The number of likely N-dealkylation sites (N-methyl/N-ethyl adjacent to an activating group) is 1. The molecule has 0 saturated heterocycles. The van der Waals surface area contributed by atoms with E-state index in [-0.39, 0.29) is 24.1 Å². The van der Waals surface area contributed by atoms with Crippen molar-refractivity contribution in [3.05, 3.63) is 11.9 Å². The van der Waals surface area contributed by atoms with Gasteiger partial charge in [0.05, 0.1) is 12.7 Å². The zero-order chi connectivity index (χ0) is 12.0. The van der Waals surface area contributed by atoms with Gasteiger partial charge in [0.1, 0.15) is 0 Å². The lowest BCUT2D eigenvalue weighted by Gasteiger charge is -2.14. The zero-order valence-electron chi connectivity index (χ0n) is 9.36. The molecule has 0 aliphatic heterocycles. The van der Waals surface area contributed by atoms with Crippen molar-refractivity contribution < 1.29 is 9.59 Å². The number of carbonyl (C=O) groups excluding carboxylic acids is 2. The van der Waals surface area contributed by atoms with Crippen molar-refractivity contribution in [1.29, 1.82) is 0 Å². The lowest BCUT2D eigenvalue weighted by molar-refractivity contribution is -0.121. The van der Waals surface area contributed by atoms with Crippen LogP contribution in [0.4, 0.5) is 0 Å². The zero-order valence-corrected chi connectivity index (χ0v) is 9.36. The molecule has 88 valence electrons. The molecular formula is C9H15N5O2. The van der Waals surface area contributed by atoms with Crippen LogP contribution in [0.2, 0.25) is 0 Å². The Morgan fingerprint density at radius 2 is 2.31 bits per heavy atom. The average Bonchev–Trinajstić information content (AvgIpc) is 2.78. The number of rotatable bonds is 5. The van der Waals surface area contributed by atoms with E-state index in [1.165, 1.54) is 11.1 Å². The number of hydrogen-bond acceptors (Lipinski definition) is 4. The first-order valence-electron chi connectivity index (χ1n) is 5.03. The summed E-state index contributed by atoms with van der Waals surface area (Å²) in [5.74, 6) is -0.512. The topological polar surface area (TPSA) is 91.0 Å². The van der Waals surface area contributed by atoms with Crippen LogP contribution in [0.1, 0.15) is 23.8 Å². The van der Waals surface area contributed by atoms with E-state index in [1.807, 2.05) is 6.92 Å². The van der Waals surface area contributed by atoms with E-state index in [4.69, 9.17) is 0 Å². The maximum Gasteiger partial charge on any atom is 0.276 e. The summed E-state index contributed by atoms with van der Waals surface area (Å²) < 4.78 is 0. The Balaban J connectivity index is 2.43. The van der Waals surface area contributed by atoms with Gasteiger partial charge in [0.2, 0.25) is 5.91 Å². The molecule has 2 amide bonds. The third-order valence-electron chi connectivity index (χ3n) is 1.93. The van der Waals surface area contributed by atoms with Crippen molar-refractivity contribution in [3.63, 3.8) is 0 Å². The molecule has 0 aromatic carbocycles. The number of aromatic amines is 1. The van der Waals surface area contributed by atoms with E-state index in [0.717, 1.165) is 6.42 Å². The van der Waals surface area contributed by atoms with Crippen LogP contribution in [0.3, 0.4) is 0 Å². The van der Waals surface area contributed by atoms with Crippen LogP contribution in [-0.2, 0) is 4.79 Å². The highest BCUT2D eigenvalue weighted by Crippen LogP contribution is 1.95. The fourth-order valence-corrected chi connectivity index (χ4v) is 1.11. The number of aromatic nitrogens is 3. The Morgan fingerprint density at radius 3 is 2.88 bits per heavy atom. The van der Waals surface area contributed by atoms with Gasteiger partial charge in [-0.05, 0) is 6.42 Å². The van der Waals surface area contributed by atoms with Gasteiger partial charge in [-0.2, -0.15) is 15.4 Å². The van der Waals surface area contributed by atoms with E-state index in [2.05, 4.69) is 20.7 Å². The standard InChI is InChI=1S/C9H15N5O2/c1-3-4-10-8(15)6-14(2)9(16)7-5-11-13-12-7/h5H,3-4,6H2,1-2H3,(H,10,15)(H,11,12,13). The normalized spacial score (nSPS) is 9.88. The molecule has 1 rings (SSSR count). The molecular weight excluding hydrogens is 210 g/mol. The molecule has 0 atom stereocenters. The second-order valence-corrected chi connectivity index (χ2v) is 3.37. The van der Waals surface area contributed by atoms with Crippen molar-refractivity contribution in [2.24, 2.45) is 0 Å². The maximum absolute atomic E-state index is 11.6. The summed E-state index contributed by atoms with van der Waals surface area (Å²) >= 11 is 0. The summed E-state index contributed by atoms with van der Waals surface area (Å²) in [5.41, 5.74) is 0.200. The summed E-state index contributed by atoms with van der Waals surface area (Å²) in [7, 11) is 1.54. The Bertz CT molecular complexity index is 349. The highest BCUT2D eigenvalue weighted by atomic mass is 16.2. The molecule has 1 heterocycles. The van der Waals surface area contributed by atoms with Gasteiger partial charge in [0, 0.05) is 13.6 Å². The molecule has 1 aromatic heterocycles. The fraction of sp³-hybridized carbons (Fsp3) is 0.556. The van der Waals surface area contributed by atoms with Crippen LogP contribution in [0.5, 0.6) is 0 Å². The van der Waals surface area contributed by atoms with Crippen LogP contribution >= 0.6 is 0 Å². The number of nitrogens with zero attached hydrogens (tertiary/aromatic N) is 3. The lowest BCUT2D eigenvalue weighted by atomic mass is 10.4. The van der Waals surface area contributed by atoms with Gasteiger partial charge in [0.15, 0.2) is 5.69 Å². The molecule has 0 fully saturated rings. The first-order valence-corrected chi connectivity index (χ1v) is 5.03. The van der Waals surface area contributed by atoms with Gasteiger partial charge in [-0.25, -0.2) is 0 Å². The number of amides is 2. The van der Waals surface area contributed by atoms with Crippen molar-refractivity contribution in [2.45, 2.75) is 13.3 Å². The molecule has 0 radical (unpaired) electrons. The van der Waals surface area contributed by atoms with Gasteiger partial charge in [-0.1, -0.05) is 6.92 Å². The first-order chi connectivity index (χ1) is 7.65. The summed E-state index contributed by atoms with van der Waals surface area (Å²) in [4.78, 5) is 24.3. The highest BCUT2D eigenvalue weighted by molar-refractivity contribution is 5.94. The molecule has 0 unspecified atom stereocenters. The molecule has 7 heteroatoms. The van der Waals surface area contributed by atoms with Gasteiger partial charge in [-0.3, -0.25) is 9.59 Å². The molecule has 0 spiro atoms. The maximum atomic E-state index is 11.6.